The molecule has 1 aromatic rings. The van der Waals surface area contributed by atoms with E-state index >= 15 is 0 Å². The second kappa shape index (κ2) is 6.53. The molecule has 96 valence electrons. The summed E-state index contributed by atoms with van der Waals surface area (Å²) in [5.41, 5.74) is 6.01. The van der Waals surface area contributed by atoms with Gasteiger partial charge in [-0.15, -0.1) is 11.3 Å². The van der Waals surface area contributed by atoms with E-state index in [4.69, 9.17) is 5.73 Å². The number of hydrogen-bond donors (Lipinski definition) is 1. The van der Waals surface area contributed by atoms with Gasteiger partial charge in [-0.05, 0) is 30.8 Å². The fraction of sp³-hybridized carbons (Fsp3) is 0.714. The normalized spacial score (nSPS) is 19.7. The molecule has 0 aliphatic heterocycles. The maximum absolute atomic E-state index is 6.01. The van der Waals surface area contributed by atoms with Crippen LogP contribution >= 0.6 is 11.3 Å². The summed E-state index contributed by atoms with van der Waals surface area (Å²) in [4.78, 5) is 4.06. The van der Waals surface area contributed by atoms with Crippen LogP contribution in [0.25, 0.3) is 0 Å². The van der Waals surface area contributed by atoms with Crippen LogP contribution in [-0.2, 0) is 0 Å². The average Bonchev–Trinajstić information content (AvgIpc) is 2.90. The van der Waals surface area contributed by atoms with Gasteiger partial charge in [0.25, 0.3) is 0 Å². The van der Waals surface area contributed by atoms with E-state index in [0.29, 0.717) is 6.04 Å². The highest BCUT2D eigenvalue weighted by atomic mass is 32.1. The molecule has 0 bridgehead atoms. The lowest BCUT2D eigenvalue weighted by Crippen LogP contribution is -2.42. The van der Waals surface area contributed by atoms with Gasteiger partial charge in [-0.2, -0.15) is 0 Å². The largest absolute Gasteiger partial charge is 0.329 e. The third-order valence-electron chi connectivity index (χ3n) is 3.90. The number of nitrogens with zero attached hydrogens (tertiary/aromatic N) is 1. The highest BCUT2D eigenvalue weighted by Gasteiger charge is 2.27. The fourth-order valence-corrected chi connectivity index (χ4v) is 3.90. The minimum Gasteiger partial charge on any atom is -0.329 e. The lowest BCUT2D eigenvalue weighted by molar-refractivity contribution is 0.115. The van der Waals surface area contributed by atoms with Crippen molar-refractivity contribution in [1.29, 1.82) is 0 Å². The van der Waals surface area contributed by atoms with Crippen molar-refractivity contribution in [2.45, 2.75) is 51.1 Å². The van der Waals surface area contributed by atoms with Crippen LogP contribution in [0, 0.1) is 0 Å². The number of likely N-dealkylation sites (N-methyl/N-ethyl adjacent to an activating group) is 1. The molecule has 1 atom stereocenters. The molecule has 1 fully saturated rings. The molecule has 2 nitrogen and oxygen atoms in total. The summed E-state index contributed by atoms with van der Waals surface area (Å²) in [6, 6.07) is 5.55. The van der Waals surface area contributed by atoms with E-state index in [2.05, 4.69) is 29.3 Å². The second-order valence-electron chi connectivity index (χ2n) is 4.89. The van der Waals surface area contributed by atoms with Gasteiger partial charge in [0.05, 0.1) is 6.04 Å². The van der Waals surface area contributed by atoms with Crippen molar-refractivity contribution in [2.24, 2.45) is 5.73 Å². The molecule has 3 heteroatoms. The van der Waals surface area contributed by atoms with E-state index in [1.54, 1.807) is 0 Å². The molecule has 1 unspecified atom stereocenters. The molecule has 0 saturated heterocycles. The first-order valence-corrected chi connectivity index (χ1v) is 7.74. The molecular weight excluding hydrogens is 228 g/mol. The van der Waals surface area contributed by atoms with E-state index in [1.807, 2.05) is 11.3 Å². The zero-order valence-electron chi connectivity index (χ0n) is 10.8. The SMILES string of the molecule is CCN(C1CCCCC1)C(CN)c1cccs1. The molecule has 17 heavy (non-hydrogen) atoms. The summed E-state index contributed by atoms with van der Waals surface area (Å²) in [6.45, 7) is 4.13. The van der Waals surface area contributed by atoms with Gasteiger partial charge in [-0.25, -0.2) is 0 Å². The quantitative estimate of drug-likeness (QED) is 0.870. The molecule has 0 radical (unpaired) electrons. The van der Waals surface area contributed by atoms with Crippen molar-refractivity contribution >= 4 is 11.3 Å². The van der Waals surface area contributed by atoms with Gasteiger partial charge in [-0.1, -0.05) is 32.3 Å². The predicted octanol–water partition coefficient (Wildman–Crippen LogP) is 3.40. The van der Waals surface area contributed by atoms with E-state index in [1.165, 1.54) is 37.0 Å². The van der Waals surface area contributed by atoms with Crippen molar-refractivity contribution in [3.05, 3.63) is 22.4 Å². The Hall–Kier alpha value is -0.380. The van der Waals surface area contributed by atoms with Gasteiger partial charge in [0, 0.05) is 17.5 Å². The minimum atomic E-state index is 0.433. The molecule has 2 N–H and O–H groups in total. The molecular formula is C14H24N2S. The summed E-state index contributed by atoms with van der Waals surface area (Å²) in [5.74, 6) is 0. The van der Waals surface area contributed by atoms with Crippen molar-refractivity contribution in [2.75, 3.05) is 13.1 Å². The zero-order chi connectivity index (χ0) is 12.1. The third-order valence-corrected chi connectivity index (χ3v) is 4.88. The summed E-state index contributed by atoms with van der Waals surface area (Å²) < 4.78 is 0. The van der Waals surface area contributed by atoms with Crippen LogP contribution in [-0.4, -0.2) is 24.0 Å². The Morgan fingerprint density at radius 1 is 1.41 bits per heavy atom. The topological polar surface area (TPSA) is 29.3 Å². The number of nitrogens with two attached hydrogens (primary N) is 1. The lowest BCUT2D eigenvalue weighted by Gasteiger charge is -2.38. The van der Waals surface area contributed by atoms with Crippen molar-refractivity contribution in [3.8, 4) is 0 Å². The first kappa shape index (κ1) is 13.1. The molecule has 0 amide bonds. The van der Waals surface area contributed by atoms with Gasteiger partial charge in [0.2, 0.25) is 0 Å². The summed E-state index contributed by atoms with van der Waals surface area (Å²) in [6.07, 6.45) is 6.91. The lowest BCUT2D eigenvalue weighted by atomic mass is 9.93. The van der Waals surface area contributed by atoms with Crippen molar-refractivity contribution in [1.82, 2.24) is 4.90 Å². The zero-order valence-corrected chi connectivity index (χ0v) is 11.6. The van der Waals surface area contributed by atoms with Crippen LogP contribution < -0.4 is 5.73 Å². The molecule has 1 heterocycles. The standard InChI is InChI=1S/C14H24N2S/c1-2-16(12-7-4-3-5-8-12)13(11-15)14-9-6-10-17-14/h6,9-10,12-13H,2-5,7-8,11,15H2,1H3. The van der Waals surface area contributed by atoms with Gasteiger partial charge in [0.15, 0.2) is 0 Å². The Morgan fingerprint density at radius 2 is 2.18 bits per heavy atom. The molecule has 2 rings (SSSR count). The van der Waals surface area contributed by atoms with E-state index in [0.717, 1.165) is 19.1 Å². The van der Waals surface area contributed by atoms with Crippen LogP contribution in [0.4, 0.5) is 0 Å². The van der Waals surface area contributed by atoms with Crippen LogP contribution in [0.2, 0.25) is 0 Å². The number of thiophene rings is 1. The fourth-order valence-electron chi connectivity index (χ4n) is 3.04. The highest BCUT2D eigenvalue weighted by molar-refractivity contribution is 7.10. The first-order valence-electron chi connectivity index (χ1n) is 6.86. The third kappa shape index (κ3) is 3.09. The molecule has 1 aliphatic carbocycles. The van der Waals surface area contributed by atoms with Crippen molar-refractivity contribution < 1.29 is 0 Å². The van der Waals surface area contributed by atoms with Crippen LogP contribution in [0.1, 0.15) is 49.9 Å². The Labute approximate surface area is 109 Å². The molecule has 1 aromatic heterocycles. The molecule has 1 aliphatic rings. The van der Waals surface area contributed by atoms with Gasteiger partial charge < -0.3 is 5.73 Å². The van der Waals surface area contributed by atoms with Crippen molar-refractivity contribution in [3.63, 3.8) is 0 Å². The minimum absolute atomic E-state index is 0.433. The molecule has 0 aromatic carbocycles. The maximum atomic E-state index is 6.01. The Kier molecular flexibility index (Phi) is 5.01. The molecule has 0 spiro atoms. The van der Waals surface area contributed by atoms with Gasteiger partial charge in [0.1, 0.15) is 0 Å². The van der Waals surface area contributed by atoms with Crippen LogP contribution in [0.5, 0.6) is 0 Å². The second-order valence-corrected chi connectivity index (χ2v) is 5.87. The van der Waals surface area contributed by atoms with Gasteiger partial charge >= 0.3 is 0 Å². The average molecular weight is 252 g/mol. The van der Waals surface area contributed by atoms with Crippen LogP contribution in [0.3, 0.4) is 0 Å². The number of rotatable bonds is 5. The molecule has 1 saturated carbocycles. The van der Waals surface area contributed by atoms with E-state index in [-0.39, 0.29) is 0 Å². The summed E-state index contributed by atoms with van der Waals surface area (Å²) >= 11 is 1.84. The van der Waals surface area contributed by atoms with Gasteiger partial charge in [-0.3, -0.25) is 4.90 Å². The monoisotopic (exact) mass is 252 g/mol. The summed E-state index contributed by atoms with van der Waals surface area (Å²) in [5, 5.41) is 2.16. The van der Waals surface area contributed by atoms with E-state index < -0.39 is 0 Å². The smallest absolute Gasteiger partial charge is 0.0566 e. The Morgan fingerprint density at radius 3 is 2.71 bits per heavy atom. The Balaban J connectivity index is 2.09. The summed E-state index contributed by atoms with van der Waals surface area (Å²) in [7, 11) is 0. The number of hydrogen-bond acceptors (Lipinski definition) is 3. The van der Waals surface area contributed by atoms with Crippen LogP contribution in [0.15, 0.2) is 17.5 Å². The highest BCUT2D eigenvalue weighted by Crippen LogP contribution is 2.31. The first-order chi connectivity index (χ1) is 8.36. The Bertz CT molecular complexity index is 304. The van der Waals surface area contributed by atoms with E-state index in [9.17, 15) is 0 Å². The predicted molar refractivity (Wildman–Crippen MR) is 75.4 cm³/mol. The maximum Gasteiger partial charge on any atom is 0.0566 e.